The van der Waals surface area contributed by atoms with Crippen LogP contribution in [0.25, 0.3) is 11.5 Å². The van der Waals surface area contributed by atoms with Crippen LogP contribution in [0.1, 0.15) is 34.7 Å². The zero-order valence-corrected chi connectivity index (χ0v) is 15.2. The number of hydrogen-bond donors (Lipinski definition) is 0. The molecule has 0 saturated carbocycles. The van der Waals surface area contributed by atoms with Crippen molar-refractivity contribution in [2.75, 3.05) is 13.1 Å². The van der Waals surface area contributed by atoms with Gasteiger partial charge in [0.25, 0.3) is 11.8 Å². The minimum absolute atomic E-state index is 0.0709. The van der Waals surface area contributed by atoms with E-state index in [2.05, 4.69) is 20.1 Å². The van der Waals surface area contributed by atoms with Gasteiger partial charge in [0.1, 0.15) is 0 Å². The summed E-state index contributed by atoms with van der Waals surface area (Å²) in [4.78, 5) is 27.3. The van der Waals surface area contributed by atoms with Gasteiger partial charge in [-0.2, -0.15) is 4.98 Å². The highest BCUT2D eigenvalue weighted by molar-refractivity contribution is 5.95. The molecule has 1 fully saturated rings. The van der Waals surface area contributed by atoms with E-state index in [0.717, 1.165) is 43.6 Å². The Balaban J connectivity index is 1.32. The second kappa shape index (κ2) is 7.65. The molecule has 4 heterocycles. The average molecular weight is 363 g/mol. The number of amides is 1. The summed E-state index contributed by atoms with van der Waals surface area (Å²) in [6.07, 6.45) is 7.80. The maximum Gasteiger partial charge on any atom is 0.259 e. The van der Waals surface area contributed by atoms with Crippen LogP contribution in [0.4, 0.5) is 0 Å². The van der Waals surface area contributed by atoms with Gasteiger partial charge in [-0.25, -0.2) is 0 Å². The molecular weight excluding hydrogens is 342 g/mol. The molecule has 3 aromatic heterocycles. The van der Waals surface area contributed by atoms with E-state index in [1.54, 1.807) is 18.6 Å². The fourth-order valence-corrected chi connectivity index (χ4v) is 3.43. The number of pyridine rings is 2. The first kappa shape index (κ1) is 17.3. The molecule has 7 heteroatoms. The zero-order valence-electron chi connectivity index (χ0n) is 15.2. The standard InChI is InChI=1S/C20H21N5O2/c1-14-17(5-3-10-22-14)20(26)25-11-8-15(13-25)6-7-18-23-19(27-24-18)16-4-2-9-21-12-16/h2-5,9-10,12,15H,6-8,11,13H2,1H3. The monoisotopic (exact) mass is 363 g/mol. The molecule has 1 aliphatic heterocycles. The third-order valence-electron chi connectivity index (χ3n) is 4.96. The largest absolute Gasteiger partial charge is 0.338 e. The van der Waals surface area contributed by atoms with E-state index in [-0.39, 0.29) is 5.91 Å². The van der Waals surface area contributed by atoms with Crippen LogP contribution in [0.15, 0.2) is 47.4 Å². The lowest BCUT2D eigenvalue weighted by Crippen LogP contribution is -2.29. The zero-order chi connectivity index (χ0) is 18.6. The third-order valence-corrected chi connectivity index (χ3v) is 4.96. The maximum absolute atomic E-state index is 12.7. The summed E-state index contributed by atoms with van der Waals surface area (Å²) in [6.45, 7) is 3.42. The first-order valence-electron chi connectivity index (χ1n) is 9.14. The van der Waals surface area contributed by atoms with Gasteiger partial charge in [0.2, 0.25) is 0 Å². The molecule has 138 valence electrons. The van der Waals surface area contributed by atoms with Gasteiger partial charge in [-0.05, 0) is 49.9 Å². The Bertz CT molecular complexity index is 925. The lowest BCUT2D eigenvalue weighted by molar-refractivity contribution is 0.0785. The van der Waals surface area contributed by atoms with Gasteiger partial charge in [0, 0.05) is 43.8 Å². The number of rotatable bonds is 5. The van der Waals surface area contributed by atoms with Gasteiger partial charge in [-0.15, -0.1) is 0 Å². The van der Waals surface area contributed by atoms with Crippen molar-refractivity contribution in [1.29, 1.82) is 0 Å². The summed E-state index contributed by atoms with van der Waals surface area (Å²) in [5.41, 5.74) is 2.29. The second-order valence-corrected chi connectivity index (χ2v) is 6.84. The predicted molar refractivity (Wildman–Crippen MR) is 98.8 cm³/mol. The van der Waals surface area contributed by atoms with Gasteiger partial charge < -0.3 is 9.42 Å². The highest BCUT2D eigenvalue weighted by atomic mass is 16.5. The first-order valence-corrected chi connectivity index (χ1v) is 9.14. The first-order chi connectivity index (χ1) is 13.2. The van der Waals surface area contributed by atoms with Crippen LogP contribution in [0.2, 0.25) is 0 Å². The smallest absolute Gasteiger partial charge is 0.259 e. The van der Waals surface area contributed by atoms with E-state index in [9.17, 15) is 4.79 Å². The van der Waals surface area contributed by atoms with Crippen molar-refractivity contribution in [2.45, 2.75) is 26.2 Å². The molecule has 0 radical (unpaired) electrons. The number of aromatic nitrogens is 4. The molecule has 7 nitrogen and oxygen atoms in total. The Hall–Kier alpha value is -3.09. The van der Waals surface area contributed by atoms with Crippen molar-refractivity contribution < 1.29 is 9.32 Å². The summed E-state index contributed by atoms with van der Waals surface area (Å²) in [6, 6.07) is 7.39. The van der Waals surface area contributed by atoms with Crippen LogP contribution in [0.3, 0.4) is 0 Å². The summed E-state index contributed by atoms with van der Waals surface area (Å²) in [5.74, 6) is 1.71. The molecule has 1 aliphatic rings. The number of nitrogens with zero attached hydrogens (tertiary/aromatic N) is 5. The Morgan fingerprint density at radius 3 is 3.00 bits per heavy atom. The van der Waals surface area contributed by atoms with Crippen LogP contribution in [-0.2, 0) is 6.42 Å². The molecule has 0 aliphatic carbocycles. The van der Waals surface area contributed by atoms with E-state index in [0.29, 0.717) is 23.2 Å². The second-order valence-electron chi connectivity index (χ2n) is 6.84. The van der Waals surface area contributed by atoms with Crippen molar-refractivity contribution >= 4 is 5.91 Å². The SMILES string of the molecule is Cc1ncccc1C(=O)N1CCC(CCc2noc(-c3cccnc3)n2)C1. The van der Waals surface area contributed by atoms with E-state index in [1.165, 1.54) is 0 Å². The van der Waals surface area contributed by atoms with Crippen molar-refractivity contribution in [3.63, 3.8) is 0 Å². The Kier molecular flexibility index (Phi) is 4.91. The predicted octanol–water partition coefficient (Wildman–Crippen LogP) is 2.93. The quantitative estimate of drug-likeness (QED) is 0.693. The van der Waals surface area contributed by atoms with Crippen LogP contribution in [0, 0.1) is 12.8 Å². The van der Waals surface area contributed by atoms with Gasteiger partial charge in [0.15, 0.2) is 5.82 Å². The van der Waals surface area contributed by atoms with Crippen molar-refractivity contribution in [1.82, 2.24) is 25.0 Å². The Labute approximate surface area is 157 Å². The summed E-state index contributed by atoms with van der Waals surface area (Å²) in [7, 11) is 0. The molecule has 0 bridgehead atoms. The number of carbonyl (C=O) groups excluding carboxylic acids is 1. The van der Waals surface area contributed by atoms with E-state index in [1.807, 2.05) is 36.1 Å². The van der Waals surface area contributed by atoms with Gasteiger partial charge in [0.05, 0.1) is 11.1 Å². The van der Waals surface area contributed by atoms with E-state index in [4.69, 9.17) is 4.52 Å². The minimum Gasteiger partial charge on any atom is -0.338 e. The molecule has 3 aromatic rings. The third kappa shape index (κ3) is 3.86. The van der Waals surface area contributed by atoms with E-state index >= 15 is 0 Å². The fourth-order valence-electron chi connectivity index (χ4n) is 3.43. The van der Waals surface area contributed by atoms with Crippen LogP contribution >= 0.6 is 0 Å². The van der Waals surface area contributed by atoms with Crippen LogP contribution in [-0.4, -0.2) is 44.0 Å². The molecule has 0 spiro atoms. The molecule has 1 amide bonds. The molecule has 0 aromatic carbocycles. The average Bonchev–Trinajstić information content (AvgIpc) is 3.37. The Morgan fingerprint density at radius 1 is 1.30 bits per heavy atom. The number of carbonyl (C=O) groups is 1. The molecule has 1 saturated heterocycles. The van der Waals surface area contributed by atoms with E-state index < -0.39 is 0 Å². The molecule has 1 atom stereocenters. The molecule has 1 unspecified atom stereocenters. The number of hydrogen-bond acceptors (Lipinski definition) is 6. The highest BCUT2D eigenvalue weighted by Gasteiger charge is 2.28. The van der Waals surface area contributed by atoms with Gasteiger partial charge in [-0.3, -0.25) is 14.8 Å². The lowest BCUT2D eigenvalue weighted by atomic mass is 10.0. The van der Waals surface area contributed by atoms with Gasteiger partial charge in [-0.1, -0.05) is 5.16 Å². The molecule has 0 N–H and O–H groups in total. The summed E-state index contributed by atoms with van der Waals surface area (Å²) in [5, 5.41) is 4.06. The number of aryl methyl sites for hydroxylation is 2. The molecular formula is C20H21N5O2. The fraction of sp³-hybridized carbons (Fsp3) is 0.350. The normalized spacial score (nSPS) is 16.6. The highest BCUT2D eigenvalue weighted by Crippen LogP contribution is 2.24. The number of likely N-dealkylation sites (tertiary alicyclic amines) is 1. The van der Waals surface area contributed by atoms with Crippen molar-refractivity contribution in [3.8, 4) is 11.5 Å². The molecule has 27 heavy (non-hydrogen) atoms. The summed E-state index contributed by atoms with van der Waals surface area (Å²) < 4.78 is 5.32. The molecule has 4 rings (SSSR count). The van der Waals surface area contributed by atoms with Crippen LogP contribution in [0.5, 0.6) is 0 Å². The topological polar surface area (TPSA) is 85.0 Å². The Morgan fingerprint density at radius 2 is 2.19 bits per heavy atom. The van der Waals surface area contributed by atoms with Gasteiger partial charge >= 0.3 is 0 Å². The summed E-state index contributed by atoms with van der Waals surface area (Å²) >= 11 is 0. The maximum atomic E-state index is 12.7. The van der Waals surface area contributed by atoms with Crippen LogP contribution < -0.4 is 0 Å². The van der Waals surface area contributed by atoms with Crippen molar-refractivity contribution in [3.05, 3.63) is 59.9 Å². The lowest BCUT2D eigenvalue weighted by Gasteiger charge is -2.17. The van der Waals surface area contributed by atoms with Crippen molar-refractivity contribution in [2.24, 2.45) is 5.92 Å². The minimum atomic E-state index is 0.0709.